The first-order valence-corrected chi connectivity index (χ1v) is 8.36. The van der Waals surface area contributed by atoms with Crippen LogP contribution in [0, 0.1) is 17.1 Å². The number of nitrogens with zero attached hydrogens (tertiary/aromatic N) is 2. The van der Waals surface area contributed by atoms with E-state index in [0.29, 0.717) is 11.3 Å². The van der Waals surface area contributed by atoms with Crippen molar-refractivity contribution in [1.29, 1.82) is 5.26 Å². The normalized spacial score (nSPS) is 10.0. The zero-order valence-electron chi connectivity index (χ0n) is 14.6. The maximum absolute atomic E-state index is 12.9. The molecule has 1 heterocycles. The molecule has 0 bridgehead atoms. The fourth-order valence-electron chi connectivity index (χ4n) is 2.39. The molecule has 6 nitrogen and oxygen atoms in total. The lowest BCUT2D eigenvalue weighted by molar-refractivity contribution is 0.0945. The van der Waals surface area contributed by atoms with E-state index >= 15 is 0 Å². The van der Waals surface area contributed by atoms with Crippen LogP contribution in [0.2, 0.25) is 0 Å². The Balaban J connectivity index is 1.65. The second kappa shape index (κ2) is 8.56. The Bertz CT molecular complexity index is 1040. The molecule has 2 amide bonds. The van der Waals surface area contributed by atoms with Crippen LogP contribution in [-0.2, 0) is 6.54 Å². The first-order chi connectivity index (χ1) is 13.5. The number of nitriles is 1. The molecule has 0 fully saturated rings. The maximum atomic E-state index is 12.9. The van der Waals surface area contributed by atoms with Crippen LogP contribution < -0.4 is 10.6 Å². The fraction of sp³-hybridized carbons (Fsp3) is 0.0476. The summed E-state index contributed by atoms with van der Waals surface area (Å²) >= 11 is 0. The number of carbonyl (C=O) groups excluding carboxylic acids is 2. The highest BCUT2D eigenvalue weighted by atomic mass is 19.1. The fourth-order valence-corrected chi connectivity index (χ4v) is 2.39. The van der Waals surface area contributed by atoms with E-state index in [0.717, 1.165) is 5.56 Å². The Hall–Kier alpha value is -4.05. The van der Waals surface area contributed by atoms with Gasteiger partial charge >= 0.3 is 0 Å². The quantitative estimate of drug-likeness (QED) is 0.716. The predicted octanol–water partition coefficient (Wildman–Crippen LogP) is 3.27. The second-order valence-electron chi connectivity index (χ2n) is 5.86. The van der Waals surface area contributed by atoms with Gasteiger partial charge in [0.25, 0.3) is 11.8 Å². The Morgan fingerprint density at radius 1 is 0.929 bits per heavy atom. The molecule has 0 saturated heterocycles. The number of benzene rings is 2. The van der Waals surface area contributed by atoms with Crippen molar-refractivity contribution in [3.8, 4) is 6.07 Å². The standard InChI is InChI=1S/C21H15FN4O2/c22-16-8-4-15(5-9-16)13-24-20(27)18-2-1-3-19(26-18)21(28)25-17-10-6-14(12-23)7-11-17/h1-11H,13H2,(H,24,27)(H,25,28). The van der Waals surface area contributed by atoms with Crippen molar-refractivity contribution in [2.75, 3.05) is 5.32 Å². The number of hydrogen-bond donors (Lipinski definition) is 2. The number of aromatic nitrogens is 1. The van der Waals surface area contributed by atoms with E-state index < -0.39 is 11.8 Å². The number of anilines is 1. The summed E-state index contributed by atoms with van der Waals surface area (Å²) in [4.78, 5) is 28.7. The minimum absolute atomic E-state index is 0.0822. The average molecular weight is 374 g/mol. The van der Waals surface area contributed by atoms with E-state index in [4.69, 9.17) is 5.26 Å². The molecular formula is C21H15FN4O2. The molecule has 1 aromatic heterocycles. The van der Waals surface area contributed by atoms with Crippen LogP contribution in [0.4, 0.5) is 10.1 Å². The molecule has 0 aliphatic heterocycles. The molecule has 0 aliphatic carbocycles. The van der Waals surface area contributed by atoms with Crippen molar-refractivity contribution < 1.29 is 14.0 Å². The first-order valence-electron chi connectivity index (χ1n) is 8.36. The number of carbonyl (C=O) groups is 2. The van der Waals surface area contributed by atoms with Crippen LogP contribution in [0.5, 0.6) is 0 Å². The summed E-state index contributed by atoms with van der Waals surface area (Å²) in [7, 11) is 0. The predicted molar refractivity (Wildman–Crippen MR) is 101 cm³/mol. The minimum Gasteiger partial charge on any atom is -0.347 e. The van der Waals surface area contributed by atoms with Gasteiger partial charge in [0.05, 0.1) is 11.6 Å². The van der Waals surface area contributed by atoms with E-state index in [1.54, 1.807) is 42.5 Å². The van der Waals surface area contributed by atoms with Crippen molar-refractivity contribution in [1.82, 2.24) is 10.3 Å². The zero-order chi connectivity index (χ0) is 19.9. The SMILES string of the molecule is N#Cc1ccc(NC(=O)c2cccc(C(=O)NCc3ccc(F)cc3)n2)cc1. The van der Waals surface area contributed by atoms with Crippen molar-refractivity contribution in [2.45, 2.75) is 6.54 Å². The second-order valence-corrected chi connectivity index (χ2v) is 5.86. The number of halogens is 1. The van der Waals surface area contributed by atoms with Crippen LogP contribution in [0.1, 0.15) is 32.1 Å². The molecule has 2 N–H and O–H groups in total. The van der Waals surface area contributed by atoms with Crippen LogP contribution in [0.15, 0.2) is 66.7 Å². The van der Waals surface area contributed by atoms with Gasteiger partial charge in [0, 0.05) is 12.2 Å². The van der Waals surface area contributed by atoms with Crippen LogP contribution in [0.25, 0.3) is 0 Å². The third kappa shape index (κ3) is 4.77. The smallest absolute Gasteiger partial charge is 0.274 e. The topological polar surface area (TPSA) is 94.9 Å². The maximum Gasteiger partial charge on any atom is 0.274 e. The summed E-state index contributed by atoms with van der Waals surface area (Å²) in [6.07, 6.45) is 0. The summed E-state index contributed by atoms with van der Waals surface area (Å²) in [5, 5.41) is 14.1. The highest BCUT2D eigenvalue weighted by Crippen LogP contribution is 2.11. The monoisotopic (exact) mass is 374 g/mol. The van der Waals surface area contributed by atoms with Crippen molar-refractivity contribution in [3.05, 3.63) is 95.1 Å². The molecule has 138 valence electrons. The lowest BCUT2D eigenvalue weighted by Crippen LogP contribution is -2.25. The molecule has 0 radical (unpaired) electrons. The molecule has 7 heteroatoms. The van der Waals surface area contributed by atoms with Crippen LogP contribution in [-0.4, -0.2) is 16.8 Å². The lowest BCUT2D eigenvalue weighted by atomic mass is 10.2. The first kappa shape index (κ1) is 18.7. The molecule has 3 rings (SSSR count). The third-order valence-corrected chi connectivity index (χ3v) is 3.85. The highest BCUT2D eigenvalue weighted by molar-refractivity contribution is 6.03. The molecule has 0 spiro atoms. The van der Waals surface area contributed by atoms with Gasteiger partial charge in [-0.15, -0.1) is 0 Å². The van der Waals surface area contributed by atoms with Gasteiger partial charge in [-0.2, -0.15) is 5.26 Å². The van der Waals surface area contributed by atoms with Gasteiger partial charge in [-0.1, -0.05) is 18.2 Å². The van der Waals surface area contributed by atoms with Gasteiger partial charge in [-0.05, 0) is 54.1 Å². The summed E-state index contributed by atoms with van der Waals surface area (Å²) in [5.74, 6) is -1.27. The molecule has 0 atom stereocenters. The number of amides is 2. The van der Waals surface area contributed by atoms with E-state index in [-0.39, 0.29) is 23.7 Å². The van der Waals surface area contributed by atoms with Gasteiger partial charge in [-0.3, -0.25) is 9.59 Å². The number of hydrogen-bond acceptors (Lipinski definition) is 4. The van der Waals surface area contributed by atoms with Crippen molar-refractivity contribution >= 4 is 17.5 Å². The molecular weight excluding hydrogens is 359 g/mol. The van der Waals surface area contributed by atoms with E-state index in [9.17, 15) is 14.0 Å². The molecule has 0 unspecified atom stereocenters. The Morgan fingerprint density at radius 3 is 2.21 bits per heavy atom. The van der Waals surface area contributed by atoms with Crippen LogP contribution >= 0.6 is 0 Å². The Morgan fingerprint density at radius 2 is 1.57 bits per heavy atom. The van der Waals surface area contributed by atoms with Gasteiger partial charge < -0.3 is 10.6 Å². The van der Waals surface area contributed by atoms with Gasteiger partial charge in [-0.25, -0.2) is 9.37 Å². The molecule has 0 saturated carbocycles. The highest BCUT2D eigenvalue weighted by Gasteiger charge is 2.12. The number of nitrogens with one attached hydrogen (secondary N) is 2. The van der Waals surface area contributed by atoms with Gasteiger partial charge in [0.15, 0.2) is 0 Å². The molecule has 0 aliphatic rings. The van der Waals surface area contributed by atoms with E-state index in [1.807, 2.05) is 6.07 Å². The molecule has 3 aromatic rings. The summed E-state index contributed by atoms with van der Waals surface area (Å²) in [6.45, 7) is 0.211. The third-order valence-electron chi connectivity index (χ3n) is 3.85. The average Bonchev–Trinajstić information content (AvgIpc) is 2.73. The Labute approximate surface area is 160 Å². The summed E-state index contributed by atoms with van der Waals surface area (Å²) in [5.41, 5.74) is 1.91. The van der Waals surface area contributed by atoms with Gasteiger partial charge in [0.2, 0.25) is 0 Å². The molecule has 2 aromatic carbocycles. The summed E-state index contributed by atoms with van der Waals surface area (Å²) in [6, 6.07) is 18.7. The number of rotatable bonds is 5. The van der Waals surface area contributed by atoms with E-state index in [2.05, 4.69) is 15.6 Å². The molecule has 28 heavy (non-hydrogen) atoms. The van der Waals surface area contributed by atoms with E-state index in [1.165, 1.54) is 24.3 Å². The largest absolute Gasteiger partial charge is 0.347 e. The number of pyridine rings is 1. The van der Waals surface area contributed by atoms with Crippen LogP contribution in [0.3, 0.4) is 0 Å². The summed E-state index contributed by atoms with van der Waals surface area (Å²) < 4.78 is 12.9. The Kier molecular flexibility index (Phi) is 5.72. The van der Waals surface area contributed by atoms with Gasteiger partial charge in [0.1, 0.15) is 17.2 Å². The lowest BCUT2D eigenvalue weighted by Gasteiger charge is -2.08. The van der Waals surface area contributed by atoms with Crippen molar-refractivity contribution in [3.63, 3.8) is 0 Å². The minimum atomic E-state index is -0.474. The zero-order valence-corrected chi connectivity index (χ0v) is 14.6. The van der Waals surface area contributed by atoms with Crippen molar-refractivity contribution in [2.24, 2.45) is 0 Å².